The van der Waals surface area contributed by atoms with Gasteiger partial charge in [0.2, 0.25) is 5.82 Å². The van der Waals surface area contributed by atoms with Crippen molar-refractivity contribution in [3.8, 4) is 10.8 Å². The number of rotatable bonds is 5. The third kappa shape index (κ3) is 3.58. The zero-order valence-corrected chi connectivity index (χ0v) is 16.4. The number of pyridine rings is 1. The number of nitrogens with zero attached hydrogens (tertiary/aromatic N) is 4. The lowest BCUT2D eigenvalue weighted by atomic mass is 10.1. The second-order valence-electron chi connectivity index (χ2n) is 6.82. The normalized spacial score (nSPS) is 13.9. The predicted molar refractivity (Wildman–Crippen MR) is 110 cm³/mol. The summed E-state index contributed by atoms with van der Waals surface area (Å²) < 4.78 is 10.8. The minimum Gasteiger partial charge on any atom is -0.454 e. The number of carbonyl (C=O) groups excluding carboxylic acids is 1. The number of hydrogen-bond acceptors (Lipinski definition) is 8. The number of thiophene rings is 1. The summed E-state index contributed by atoms with van der Waals surface area (Å²) in [6.45, 7) is 1.72. The summed E-state index contributed by atoms with van der Waals surface area (Å²) in [5, 5.41) is 6.75. The molecule has 0 radical (unpaired) electrons. The number of carbonyl (C=O) groups is 1. The summed E-state index contributed by atoms with van der Waals surface area (Å²) in [5.41, 5.74) is 1.33. The van der Waals surface area contributed by atoms with Crippen LogP contribution in [0.5, 0.6) is 0 Å². The topological polar surface area (TPSA) is 81.3 Å². The highest BCUT2D eigenvalue weighted by Crippen LogP contribution is 2.28. The molecular weight excluding hydrogens is 388 g/mol. The lowest BCUT2D eigenvalue weighted by Gasteiger charge is -2.20. The van der Waals surface area contributed by atoms with Crippen LogP contribution < -0.4 is 4.90 Å². The molecule has 0 amide bonds. The van der Waals surface area contributed by atoms with Crippen molar-refractivity contribution in [2.75, 3.05) is 18.0 Å². The van der Waals surface area contributed by atoms with E-state index >= 15 is 0 Å². The van der Waals surface area contributed by atoms with Gasteiger partial charge in [-0.3, -0.25) is 0 Å². The van der Waals surface area contributed by atoms with Gasteiger partial charge in [-0.05, 0) is 36.4 Å². The fraction of sp³-hybridized carbons (Fsp3) is 0.238. The molecule has 29 heavy (non-hydrogen) atoms. The molecule has 4 heterocycles. The quantitative estimate of drug-likeness (QED) is 0.457. The predicted octanol–water partition coefficient (Wildman–Crippen LogP) is 4.30. The molecule has 1 saturated heterocycles. The Morgan fingerprint density at radius 1 is 1.14 bits per heavy atom. The smallest absolute Gasteiger partial charge is 0.342 e. The third-order valence-electron chi connectivity index (χ3n) is 4.86. The highest BCUT2D eigenvalue weighted by atomic mass is 32.1. The van der Waals surface area contributed by atoms with Crippen molar-refractivity contribution in [2.45, 2.75) is 19.4 Å². The summed E-state index contributed by atoms with van der Waals surface area (Å²) in [7, 11) is 0. The first kappa shape index (κ1) is 17.8. The van der Waals surface area contributed by atoms with Crippen LogP contribution in [0, 0.1) is 0 Å². The van der Waals surface area contributed by atoms with Crippen LogP contribution in [0.15, 0.2) is 52.4 Å². The van der Waals surface area contributed by atoms with Crippen molar-refractivity contribution in [2.24, 2.45) is 0 Å². The Kier molecular flexibility index (Phi) is 4.69. The number of aromatic nitrogens is 3. The monoisotopic (exact) mass is 406 g/mol. The maximum Gasteiger partial charge on any atom is 0.342 e. The molecule has 1 aromatic carbocycles. The molecule has 1 aliphatic heterocycles. The van der Waals surface area contributed by atoms with Gasteiger partial charge in [0.25, 0.3) is 5.89 Å². The SMILES string of the molecule is O=C(OCc1noc(-c2cccs2)n1)c1cc2ccccc2nc1N1CCCC1. The molecule has 0 bridgehead atoms. The summed E-state index contributed by atoms with van der Waals surface area (Å²) in [5.74, 6) is 1.00. The molecule has 3 aromatic heterocycles. The van der Waals surface area contributed by atoms with Crippen LogP contribution in [0.2, 0.25) is 0 Å². The minimum absolute atomic E-state index is 0.0556. The van der Waals surface area contributed by atoms with Crippen LogP contribution in [0.3, 0.4) is 0 Å². The first-order chi connectivity index (χ1) is 14.3. The first-order valence-electron chi connectivity index (χ1n) is 9.46. The maximum atomic E-state index is 12.9. The molecule has 0 spiro atoms. The number of esters is 1. The van der Waals surface area contributed by atoms with E-state index in [1.54, 1.807) is 0 Å². The summed E-state index contributed by atoms with van der Waals surface area (Å²) >= 11 is 1.51. The molecule has 5 rings (SSSR count). The van der Waals surface area contributed by atoms with Crippen LogP contribution >= 0.6 is 11.3 Å². The number of benzene rings is 1. The van der Waals surface area contributed by atoms with Gasteiger partial charge < -0.3 is 14.2 Å². The van der Waals surface area contributed by atoms with E-state index in [1.165, 1.54) is 11.3 Å². The highest BCUT2D eigenvalue weighted by Gasteiger charge is 2.23. The molecule has 0 N–H and O–H groups in total. The van der Waals surface area contributed by atoms with E-state index in [-0.39, 0.29) is 6.61 Å². The standard InChI is InChI=1S/C21H18N4O3S/c26-21(27-13-18-23-20(28-24-18)17-8-5-11-29-17)15-12-14-6-1-2-7-16(14)22-19(15)25-9-3-4-10-25/h1-2,5-8,11-12H,3-4,9-10,13H2. The largest absolute Gasteiger partial charge is 0.454 e. The molecule has 7 nitrogen and oxygen atoms in total. The number of hydrogen-bond donors (Lipinski definition) is 0. The Morgan fingerprint density at radius 2 is 2.00 bits per heavy atom. The Hall–Kier alpha value is -3.26. The fourth-order valence-electron chi connectivity index (χ4n) is 3.45. The molecule has 146 valence electrons. The Labute approximate surface area is 170 Å². The molecule has 0 aliphatic carbocycles. The van der Waals surface area contributed by atoms with Gasteiger partial charge in [-0.1, -0.05) is 29.4 Å². The average molecular weight is 406 g/mol. The first-order valence-corrected chi connectivity index (χ1v) is 10.3. The lowest BCUT2D eigenvalue weighted by molar-refractivity contribution is 0.0460. The minimum atomic E-state index is -0.437. The number of ether oxygens (including phenoxy) is 1. The molecular formula is C21H18N4O3S. The number of fused-ring (bicyclic) bond motifs is 1. The van der Waals surface area contributed by atoms with Crippen molar-refractivity contribution < 1.29 is 14.1 Å². The number of anilines is 1. The van der Waals surface area contributed by atoms with Gasteiger partial charge in [0.05, 0.1) is 10.4 Å². The zero-order chi connectivity index (χ0) is 19.6. The van der Waals surface area contributed by atoms with Gasteiger partial charge in [0.15, 0.2) is 6.61 Å². The van der Waals surface area contributed by atoms with Gasteiger partial charge >= 0.3 is 5.97 Å². The van der Waals surface area contributed by atoms with E-state index in [1.807, 2.05) is 47.8 Å². The second-order valence-corrected chi connectivity index (χ2v) is 7.76. The molecule has 0 saturated carbocycles. The highest BCUT2D eigenvalue weighted by molar-refractivity contribution is 7.13. The Balaban J connectivity index is 1.39. The lowest BCUT2D eigenvalue weighted by Crippen LogP contribution is -2.23. The molecule has 8 heteroatoms. The van der Waals surface area contributed by atoms with Crippen molar-refractivity contribution >= 4 is 34.0 Å². The Morgan fingerprint density at radius 3 is 2.83 bits per heavy atom. The summed E-state index contributed by atoms with van der Waals surface area (Å²) in [6, 6.07) is 13.4. The Bertz CT molecular complexity index is 1150. The summed E-state index contributed by atoms with van der Waals surface area (Å²) in [4.78, 5) is 25.0. The van der Waals surface area contributed by atoms with E-state index in [0.29, 0.717) is 23.1 Å². The van der Waals surface area contributed by atoms with Crippen molar-refractivity contribution in [1.29, 1.82) is 0 Å². The van der Waals surface area contributed by atoms with Gasteiger partial charge in [-0.2, -0.15) is 4.98 Å². The van der Waals surface area contributed by atoms with Crippen LogP contribution in [-0.2, 0) is 11.3 Å². The van der Waals surface area contributed by atoms with Gasteiger partial charge in [-0.25, -0.2) is 9.78 Å². The number of para-hydroxylation sites is 1. The van der Waals surface area contributed by atoms with Crippen molar-refractivity contribution in [3.05, 3.63) is 59.2 Å². The van der Waals surface area contributed by atoms with Gasteiger partial charge in [0.1, 0.15) is 11.4 Å². The van der Waals surface area contributed by atoms with Crippen LogP contribution in [0.4, 0.5) is 5.82 Å². The molecule has 0 unspecified atom stereocenters. The molecule has 1 aliphatic rings. The average Bonchev–Trinajstić information content (AvgIpc) is 3.53. The van der Waals surface area contributed by atoms with Crippen molar-refractivity contribution in [1.82, 2.24) is 15.1 Å². The molecule has 0 atom stereocenters. The van der Waals surface area contributed by atoms with Gasteiger partial charge in [-0.15, -0.1) is 11.3 Å². The van der Waals surface area contributed by atoms with E-state index < -0.39 is 5.97 Å². The van der Waals surface area contributed by atoms with Gasteiger partial charge in [0, 0.05) is 18.5 Å². The maximum absolute atomic E-state index is 12.9. The summed E-state index contributed by atoms with van der Waals surface area (Å²) in [6.07, 6.45) is 2.19. The van der Waals surface area contributed by atoms with E-state index in [9.17, 15) is 4.79 Å². The molecule has 1 fully saturated rings. The van der Waals surface area contributed by atoms with Crippen LogP contribution in [0.25, 0.3) is 21.7 Å². The fourth-order valence-corrected chi connectivity index (χ4v) is 4.09. The van der Waals surface area contributed by atoms with Crippen LogP contribution in [-0.4, -0.2) is 34.2 Å². The van der Waals surface area contributed by atoms with E-state index in [2.05, 4.69) is 15.0 Å². The zero-order valence-electron chi connectivity index (χ0n) is 15.6. The van der Waals surface area contributed by atoms with Crippen molar-refractivity contribution in [3.63, 3.8) is 0 Å². The molecule has 4 aromatic rings. The second kappa shape index (κ2) is 7.63. The van der Waals surface area contributed by atoms with Crippen LogP contribution in [0.1, 0.15) is 29.0 Å². The van der Waals surface area contributed by atoms with E-state index in [4.69, 9.17) is 14.2 Å². The third-order valence-corrected chi connectivity index (χ3v) is 5.72. The van der Waals surface area contributed by atoms with E-state index in [0.717, 1.165) is 41.7 Å².